The number of rotatable bonds is 22. The van der Waals surface area contributed by atoms with Gasteiger partial charge in [-0.1, -0.05) is 18.2 Å². The lowest BCUT2D eigenvalue weighted by atomic mass is 9.53. The Kier molecular flexibility index (Phi) is 19.2. The van der Waals surface area contributed by atoms with Crippen molar-refractivity contribution in [3.05, 3.63) is 121 Å². The van der Waals surface area contributed by atoms with Gasteiger partial charge in [0.05, 0.1) is 59.6 Å². The second-order valence-corrected chi connectivity index (χ2v) is 29.5. The van der Waals surface area contributed by atoms with Crippen LogP contribution in [0, 0.1) is 53.3 Å². The molecule has 0 saturated heterocycles. The van der Waals surface area contributed by atoms with E-state index in [4.69, 9.17) is 23.7 Å². The average Bonchev–Trinajstić information content (AvgIpc) is 0.768. The average molecular weight is 1290 g/mol. The minimum absolute atomic E-state index is 0.0362. The number of carbonyl (C=O) groups excluding carboxylic acids is 3. The Labute approximate surface area is 549 Å². The lowest BCUT2D eigenvalue weighted by Gasteiger charge is -2.56. The molecule has 504 valence electrons. The maximum atomic E-state index is 13.5. The van der Waals surface area contributed by atoms with Crippen molar-refractivity contribution in [2.24, 2.45) is 53.3 Å². The summed E-state index contributed by atoms with van der Waals surface area (Å²) in [6.07, 6.45) is 26.0. The molecule has 12 bridgehead atoms. The van der Waals surface area contributed by atoms with Crippen LogP contribution in [0.1, 0.15) is 167 Å². The largest absolute Gasteiger partial charge is 0.506 e. The van der Waals surface area contributed by atoms with Gasteiger partial charge in [-0.3, -0.25) is 28.8 Å². The van der Waals surface area contributed by atoms with E-state index in [1.807, 2.05) is 36.0 Å². The zero-order chi connectivity index (χ0) is 65.5. The molecule has 12 aliphatic carbocycles. The fourth-order valence-corrected chi connectivity index (χ4v) is 20.4. The molecule has 3 heterocycles. The molecule has 0 unspecified atom stereocenters. The van der Waals surface area contributed by atoms with Gasteiger partial charge in [0.15, 0.2) is 0 Å². The third kappa shape index (κ3) is 13.3. The van der Waals surface area contributed by atoms with E-state index in [1.54, 1.807) is 78.8 Å². The summed E-state index contributed by atoms with van der Waals surface area (Å²) in [4.78, 5) is 80.2. The van der Waals surface area contributed by atoms with E-state index in [2.05, 4.69) is 16.0 Å². The van der Waals surface area contributed by atoms with Crippen molar-refractivity contribution in [3.8, 4) is 17.2 Å². The summed E-state index contributed by atoms with van der Waals surface area (Å²) in [5.74, 6) is 6.74. The predicted octanol–water partition coefficient (Wildman–Crippen LogP) is 11.3. The molecule has 12 aliphatic rings. The van der Waals surface area contributed by atoms with Crippen molar-refractivity contribution in [2.75, 3.05) is 60.0 Å². The number of pyridine rings is 3. The summed E-state index contributed by atoms with van der Waals surface area (Å²) in [5.41, 5.74) is 0.933. The van der Waals surface area contributed by atoms with Gasteiger partial charge in [-0.15, -0.1) is 0 Å². The van der Waals surface area contributed by atoms with E-state index in [0.717, 1.165) is 75.5 Å². The molecule has 0 radical (unpaired) electrons. The minimum Gasteiger partial charge on any atom is -0.506 e. The molecule has 3 amide bonds. The highest BCUT2D eigenvalue weighted by atomic mass is 19.1. The van der Waals surface area contributed by atoms with Crippen LogP contribution in [0.4, 0.5) is 4.39 Å². The minimum atomic E-state index is -0.620. The Morgan fingerprint density at radius 1 is 0.457 bits per heavy atom. The van der Waals surface area contributed by atoms with Gasteiger partial charge in [-0.2, -0.15) is 0 Å². The Morgan fingerprint density at radius 2 is 0.755 bits per heavy atom. The Balaban J connectivity index is 0.000000128. The fourth-order valence-electron chi connectivity index (χ4n) is 20.4. The molecule has 18 nitrogen and oxygen atoms in total. The van der Waals surface area contributed by atoms with Gasteiger partial charge >= 0.3 is 0 Å². The van der Waals surface area contributed by atoms with Crippen molar-refractivity contribution in [2.45, 2.75) is 173 Å². The number of amides is 3. The number of benzene rings is 3. The van der Waals surface area contributed by atoms with Crippen LogP contribution >= 0.6 is 0 Å². The number of ether oxygens (including phenoxy) is 5. The summed E-state index contributed by atoms with van der Waals surface area (Å²) in [7, 11) is 1.60. The van der Waals surface area contributed by atoms with E-state index >= 15 is 0 Å². The van der Waals surface area contributed by atoms with Crippen LogP contribution in [0.15, 0.2) is 87.6 Å². The van der Waals surface area contributed by atoms with Gasteiger partial charge in [-0.05, 0) is 226 Å². The predicted molar refractivity (Wildman–Crippen MR) is 359 cm³/mol. The van der Waals surface area contributed by atoms with E-state index in [0.29, 0.717) is 139 Å². The van der Waals surface area contributed by atoms with Crippen molar-refractivity contribution in [3.63, 3.8) is 0 Å². The maximum absolute atomic E-state index is 13.5. The number of nitrogens with one attached hydrogen (secondary N) is 3. The molecule has 3 aromatic carbocycles. The van der Waals surface area contributed by atoms with Crippen molar-refractivity contribution in [1.29, 1.82) is 0 Å². The topological polar surface area (TPSA) is 220 Å². The number of halogens is 1. The monoisotopic (exact) mass is 1290 g/mol. The van der Waals surface area contributed by atoms with Gasteiger partial charge in [0.1, 0.15) is 47.2 Å². The lowest BCUT2D eigenvalue weighted by molar-refractivity contribution is -0.0171. The second-order valence-electron chi connectivity index (χ2n) is 29.5. The number of fused-ring (bicyclic) bond motifs is 3. The van der Waals surface area contributed by atoms with Crippen molar-refractivity contribution < 1.29 is 47.6 Å². The standard InChI is InChI=1S/C26H33FN2O4.C25H32N2O4.C24H30N2O4/c1-2-32-9-7-29-16-21(24(30)20-4-3-5-22(23(20)29)33-8-6-27)25(31)28-26-13-17-10-18(14-26)12-19(11-17)15-26;1-3-31-8-7-27-15-20(23(28)19-5-4-6-21(30-2)22(19)27)24(29)26-25-12-16-9-17(13-25)11-18(10-16)14-25;1-2-30-7-6-26-14-19(22(28)18-4-3-5-20(27)21(18)26)23(29)25-24-11-15-8-16(12-24)10-17(9-15)13-24/h3-5,16-19H,2,6-15H2,1H3,(H,28,31);4-6,15-18H,3,7-14H2,1-2H3,(H,26,29);3-5,14-17,27H,2,6-13H2,1H3,(H,25,29). The van der Waals surface area contributed by atoms with E-state index in [9.17, 15) is 38.3 Å². The Bertz CT molecular complexity index is 3900. The highest BCUT2D eigenvalue weighted by Gasteiger charge is 2.54. The molecule has 3 aromatic heterocycles. The van der Waals surface area contributed by atoms with Crippen LogP contribution in [0.3, 0.4) is 0 Å². The number of para-hydroxylation sites is 3. The zero-order valence-electron chi connectivity index (χ0n) is 55.3. The molecule has 18 rings (SSSR count). The molecular weight excluding hydrogens is 1200 g/mol. The van der Waals surface area contributed by atoms with Gasteiger partial charge in [-0.25, -0.2) is 4.39 Å². The number of hydrogen-bond donors (Lipinski definition) is 4. The number of phenols is 1. The van der Waals surface area contributed by atoms with Gasteiger partial charge in [0.2, 0.25) is 16.3 Å². The summed E-state index contributed by atoms with van der Waals surface area (Å²) >= 11 is 0. The van der Waals surface area contributed by atoms with Crippen LogP contribution < -0.4 is 41.7 Å². The number of carbonyl (C=O) groups is 3. The first-order chi connectivity index (χ1) is 45.5. The first-order valence-electron chi connectivity index (χ1n) is 35.1. The molecule has 0 spiro atoms. The van der Waals surface area contributed by atoms with Gasteiger partial charge in [0.25, 0.3) is 17.7 Å². The molecule has 12 fully saturated rings. The molecule has 0 aliphatic heterocycles. The van der Waals surface area contributed by atoms with Crippen molar-refractivity contribution in [1.82, 2.24) is 29.7 Å². The number of methoxy groups -OCH3 is 1. The molecule has 4 N–H and O–H groups in total. The van der Waals surface area contributed by atoms with E-state index in [1.165, 1.54) is 57.8 Å². The molecule has 0 atom stereocenters. The van der Waals surface area contributed by atoms with Crippen LogP contribution in [-0.2, 0) is 33.8 Å². The van der Waals surface area contributed by atoms with Crippen LogP contribution in [0.25, 0.3) is 32.7 Å². The lowest BCUT2D eigenvalue weighted by Crippen LogP contribution is -2.60. The smallest absolute Gasteiger partial charge is 0.257 e. The normalized spacial score (nSPS) is 28.6. The molecular formula is C75H95FN6O12. The van der Waals surface area contributed by atoms with Crippen LogP contribution in [0.5, 0.6) is 17.2 Å². The van der Waals surface area contributed by atoms with Crippen LogP contribution in [0.2, 0.25) is 0 Å². The zero-order valence-corrected chi connectivity index (χ0v) is 55.3. The Hall–Kier alpha value is -7.09. The van der Waals surface area contributed by atoms with E-state index in [-0.39, 0.29) is 79.7 Å². The fraction of sp³-hybridized carbons (Fsp3) is 0.600. The Morgan fingerprint density at radius 3 is 1.07 bits per heavy atom. The third-order valence-corrected chi connectivity index (χ3v) is 22.8. The highest BCUT2D eigenvalue weighted by Crippen LogP contribution is 2.58. The number of hydrogen-bond acceptors (Lipinski definition) is 12. The van der Waals surface area contributed by atoms with E-state index < -0.39 is 6.67 Å². The maximum Gasteiger partial charge on any atom is 0.257 e. The number of aromatic nitrogens is 3. The third-order valence-electron chi connectivity index (χ3n) is 22.8. The van der Waals surface area contributed by atoms with Crippen molar-refractivity contribution >= 4 is 50.4 Å². The van der Waals surface area contributed by atoms with Gasteiger partial charge in [0, 0.05) is 74.7 Å². The SMILES string of the molecule is CCOCCn1cc(C(=O)NC23CC4CC(CC(C4)C2)C3)c(=O)c2cccc(O)c21.CCOCCn1cc(C(=O)NC23CC4CC(CC(C4)C2)C3)c(=O)c2cccc(OC)c21.CCOCCn1cc(C(=O)NC23CC4CC(CC(C4)C2)C3)c(=O)c2cccc(OCCF)c21. The summed E-state index contributed by atoms with van der Waals surface area (Å²) < 4.78 is 46.0. The summed E-state index contributed by atoms with van der Waals surface area (Å²) in [6.45, 7) is 9.70. The number of alkyl halides is 1. The molecule has 19 heteroatoms. The summed E-state index contributed by atoms with van der Waals surface area (Å²) in [6, 6.07) is 15.5. The van der Waals surface area contributed by atoms with Gasteiger partial charge < -0.3 is 58.4 Å². The first-order valence-corrected chi connectivity index (χ1v) is 35.1. The quantitative estimate of drug-likeness (QED) is 0.0467. The van der Waals surface area contributed by atoms with Crippen LogP contribution in [-0.4, -0.2) is 113 Å². The number of aromatic hydroxyl groups is 1. The second kappa shape index (κ2) is 27.6. The number of nitrogens with zero attached hydrogens (tertiary/aromatic N) is 3. The first kappa shape index (κ1) is 65.6. The molecule has 12 saturated carbocycles. The number of phenolic OH excluding ortho intramolecular Hbond substituents is 1. The molecule has 6 aromatic rings. The highest BCUT2D eigenvalue weighted by molar-refractivity contribution is 6.00. The summed E-state index contributed by atoms with van der Waals surface area (Å²) in [5, 5.41) is 21.6. The molecule has 94 heavy (non-hydrogen) atoms.